The van der Waals surface area contributed by atoms with Gasteiger partial charge in [-0.1, -0.05) is 39.0 Å². The molecule has 2 aromatic heterocycles. The van der Waals surface area contributed by atoms with Crippen LogP contribution in [0.2, 0.25) is 0 Å². The monoisotopic (exact) mass is 556 g/mol. The Labute approximate surface area is 241 Å². The minimum absolute atomic E-state index is 0.0465. The van der Waals surface area contributed by atoms with E-state index < -0.39 is 5.60 Å². The Morgan fingerprint density at radius 2 is 1.78 bits per heavy atom. The second-order valence-electron chi connectivity index (χ2n) is 13.0. The molecule has 216 valence electrons. The number of amides is 1. The molecule has 0 saturated carbocycles. The molecule has 2 aromatic carbocycles. The number of anilines is 2. The van der Waals surface area contributed by atoms with Crippen molar-refractivity contribution in [2.75, 3.05) is 11.9 Å². The predicted molar refractivity (Wildman–Crippen MR) is 162 cm³/mol. The molecule has 1 aliphatic rings. The molecule has 5 rings (SSSR count). The quantitative estimate of drug-likeness (QED) is 0.308. The molecule has 1 amide bonds. The summed E-state index contributed by atoms with van der Waals surface area (Å²) in [5, 5.41) is 3.78. The largest absolute Gasteiger partial charge is 0.444 e. The third kappa shape index (κ3) is 5.85. The number of rotatable bonds is 4. The number of hydrogen-bond acceptors (Lipinski definition) is 6. The van der Waals surface area contributed by atoms with Crippen LogP contribution in [0.3, 0.4) is 0 Å². The maximum atomic E-state index is 13.4. The number of hydrogen-bond donors (Lipinski definition) is 1. The highest BCUT2D eigenvalue weighted by Crippen LogP contribution is 2.28. The fourth-order valence-corrected chi connectivity index (χ4v) is 5.12. The Kier molecular flexibility index (Phi) is 7.17. The van der Waals surface area contributed by atoms with Crippen molar-refractivity contribution in [2.24, 2.45) is 0 Å². The van der Waals surface area contributed by atoms with Crippen LogP contribution in [0.1, 0.15) is 78.1 Å². The maximum absolute atomic E-state index is 13.4. The molecule has 0 aliphatic carbocycles. The number of aromatic nitrogens is 4. The number of benzene rings is 2. The molecule has 0 fully saturated rings. The summed E-state index contributed by atoms with van der Waals surface area (Å²) in [5.41, 5.74) is 4.93. The van der Waals surface area contributed by atoms with E-state index in [0.29, 0.717) is 30.1 Å². The van der Waals surface area contributed by atoms with Crippen LogP contribution in [-0.4, -0.2) is 42.5 Å². The predicted octanol–water partition coefficient (Wildman–Crippen LogP) is 6.50. The molecule has 4 aromatic rings. The average Bonchev–Trinajstić information content (AvgIpc) is 3.18. The van der Waals surface area contributed by atoms with Gasteiger partial charge < -0.3 is 15.0 Å². The van der Waals surface area contributed by atoms with E-state index in [9.17, 15) is 9.59 Å². The first-order valence-corrected chi connectivity index (χ1v) is 14.2. The molecule has 0 bridgehead atoms. The van der Waals surface area contributed by atoms with E-state index in [1.165, 1.54) is 11.1 Å². The fraction of sp³-hybridized carbons (Fsp3) is 0.438. The first kappa shape index (κ1) is 28.4. The van der Waals surface area contributed by atoms with Gasteiger partial charge in [0, 0.05) is 31.0 Å². The van der Waals surface area contributed by atoms with Crippen LogP contribution in [0.25, 0.3) is 16.7 Å². The minimum atomic E-state index is -0.542. The van der Waals surface area contributed by atoms with Crippen molar-refractivity contribution < 1.29 is 9.53 Å². The van der Waals surface area contributed by atoms with Crippen molar-refractivity contribution in [3.05, 3.63) is 75.7 Å². The zero-order valence-corrected chi connectivity index (χ0v) is 25.3. The van der Waals surface area contributed by atoms with E-state index in [0.717, 1.165) is 23.4 Å². The summed E-state index contributed by atoms with van der Waals surface area (Å²) in [6.45, 7) is 17.2. The van der Waals surface area contributed by atoms with Gasteiger partial charge in [0.15, 0.2) is 5.65 Å². The van der Waals surface area contributed by atoms with Crippen LogP contribution in [0.5, 0.6) is 0 Å². The fourth-order valence-electron chi connectivity index (χ4n) is 5.12. The van der Waals surface area contributed by atoms with Crippen LogP contribution in [0, 0.1) is 0 Å². The Morgan fingerprint density at radius 1 is 1.02 bits per heavy atom. The zero-order valence-electron chi connectivity index (χ0n) is 25.3. The standard InChI is InChI=1S/C32H40N6O3/c1-20(2)37-28(39)26-18-33-29(35-27(26)38(37)25-11-9-10-23(17-25)31(3,4)5)34-24-13-12-21-14-15-36(19-22(21)16-24)30(40)41-32(6,7)8/h9-13,16-18,20H,14-15,19H2,1-8H3,(H,33,34,35). The van der Waals surface area contributed by atoms with Gasteiger partial charge in [0.25, 0.3) is 5.56 Å². The van der Waals surface area contributed by atoms with Gasteiger partial charge >= 0.3 is 6.09 Å². The summed E-state index contributed by atoms with van der Waals surface area (Å²) in [6.07, 6.45) is 2.05. The highest BCUT2D eigenvalue weighted by molar-refractivity contribution is 5.77. The van der Waals surface area contributed by atoms with Gasteiger partial charge in [0.05, 0.1) is 5.69 Å². The van der Waals surface area contributed by atoms with Crippen molar-refractivity contribution in [2.45, 2.75) is 85.4 Å². The molecule has 0 spiro atoms. The molecule has 0 radical (unpaired) electrons. The van der Waals surface area contributed by atoms with E-state index >= 15 is 0 Å². The first-order chi connectivity index (χ1) is 19.2. The second kappa shape index (κ2) is 10.4. The third-order valence-corrected chi connectivity index (χ3v) is 7.20. The van der Waals surface area contributed by atoms with Gasteiger partial charge in [0.1, 0.15) is 11.0 Å². The molecule has 1 aliphatic heterocycles. The lowest BCUT2D eigenvalue weighted by Gasteiger charge is -2.31. The van der Waals surface area contributed by atoms with Crippen LogP contribution < -0.4 is 10.9 Å². The number of carbonyl (C=O) groups excluding carboxylic acids is 1. The molecule has 0 unspecified atom stereocenters. The summed E-state index contributed by atoms with van der Waals surface area (Å²) in [5.74, 6) is 0.388. The maximum Gasteiger partial charge on any atom is 0.410 e. The minimum Gasteiger partial charge on any atom is -0.444 e. The van der Waals surface area contributed by atoms with Crippen molar-refractivity contribution in [1.82, 2.24) is 24.2 Å². The lowest BCUT2D eigenvalue weighted by Crippen LogP contribution is -2.39. The van der Waals surface area contributed by atoms with Crippen LogP contribution in [0.15, 0.2) is 53.5 Å². The normalized spacial score (nSPS) is 13.9. The van der Waals surface area contributed by atoms with Crippen molar-refractivity contribution in [3.8, 4) is 5.69 Å². The van der Waals surface area contributed by atoms with Gasteiger partial charge in [-0.05, 0) is 87.4 Å². The van der Waals surface area contributed by atoms with Crippen LogP contribution in [0.4, 0.5) is 16.4 Å². The SMILES string of the molecule is CC(C)n1c(=O)c2cnc(Nc3ccc4c(c3)CN(C(=O)OC(C)(C)C)CC4)nc2n1-c1cccc(C(C)(C)C)c1. The highest BCUT2D eigenvalue weighted by atomic mass is 16.6. The molecule has 0 saturated heterocycles. The van der Waals surface area contributed by atoms with E-state index in [-0.39, 0.29) is 23.1 Å². The van der Waals surface area contributed by atoms with Gasteiger partial charge in [-0.15, -0.1) is 0 Å². The highest BCUT2D eigenvalue weighted by Gasteiger charge is 2.26. The molecule has 0 atom stereocenters. The number of carbonyl (C=O) groups is 1. The smallest absolute Gasteiger partial charge is 0.410 e. The Balaban J connectivity index is 1.50. The summed E-state index contributed by atoms with van der Waals surface area (Å²) >= 11 is 0. The average molecular weight is 557 g/mol. The molecule has 9 heteroatoms. The van der Waals surface area contributed by atoms with Crippen molar-refractivity contribution in [1.29, 1.82) is 0 Å². The topological polar surface area (TPSA) is 94.3 Å². The Hall–Kier alpha value is -4.14. The van der Waals surface area contributed by atoms with E-state index in [4.69, 9.17) is 9.72 Å². The van der Waals surface area contributed by atoms with E-state index in [1.54, 1.807) is 15.8 Å². The number of fused-ring (bicyclic) bond motifs is 2. The third-order valence-electron chi connectivity index (χ3n) is 7.20. The molecule has 9 nitrogen and oxygen atoms in total. The molecule has 1 N–H and O–H groups in total. The van der Waals surface area contributed by atoms with Gasteiger partial charge in [-0.2, -0.15) is 4.98 Å². The summed E-state index contributed by atoms with van der Waals surface area (Å²) in [7, 11) is 0. The van der Waals surface area contributed by atoms with Gasteiger partial charge in [0.2, 0.25) is 5.95 Å². The lowest BCUT2D eigenvalue weighted by atomic mass is 9.87. The van der Waals surface area contributed by atoms with Crippen molar-refractivity contribution >= 4 is 28.8 Å². The second-order valence-corrected chi connectivity index (χ2v) is 13.0. The molecular formula is C32H40N6O3. The number of nitrogens with zero attached hydrogens (tertiary/aromatic N) is 5. The number of ether oxygens (including phenoxy) is 1. The summed E-state index contributed by atoms with van der Waals surface area (Å²) in [6, 6.07) is 14.3. The lowest BCUT2D eigenvalue weighted by molar-refractivity contribution is 0.0224. The summed E-state index contributed by atoms with van der Waals surface area (Å²) in [4.78, 5) is 37.2. The molecule has 41 heavy (non-hydrogen) atoms. The van der Waals surface area contributed by atoms with Gasteiger partial charge in [-0.25, -0.2) is 19.1 Å². The van der Waals surface area contributed by atoms with Gasteiger partial charge in [-0.3, -0.25) is 4.79 Å². The van der Waals surface area contributed by atoms with Crippen molar-refractivity contribution in [3.63, 3.8) is 0 Å². The molecular weight excluding hydrogens is 516 g/mol. The van der Waals surface area contributed by atoms with E-state index in [1.807, 2.05) is 63.6 Å². The first-order valence-electron chi connectivity index (χ1n) is 14.2. The zero-order chi connectivity index (χ0) is 29.7. The Morgan fingerprint density at radius 3 is 2.46 bits per heavy atom. The summed E-state index contributed by atoms with van der Waals surface area (Å²) < 4.78 is 9.21. The van der Waals surface area contributed by atoms with E-state index in [2.05, 4.69) is 49.3 Å². The Bertz CT molecular complexity index is 1670. The molecule has 3 heterocycles. The van der Waals surface area contributed by atoms with Crippen LogP contribution in [-0.2, 0) is 23.1 Å². The van der Waals surface area contributed by atoms with Crippen LogP contribution >= 0.6 is 0 Å². The number of nitrogens with one attached hydrogen (secondary N) is 1.